The fourth-order valence-corrected chi connectivity index (χ4v) is 1.81. The Morgan fingerprint density at radius 1 is 1.53 bits per heavy atom. The molecule has 0 atom stereocenters. The van der Waals surface area contributed by atoms with E-state index in [1.165, 1.54) is 6.07 Å². The average Bonchev–Trinajstić information content (AvgIpc) is 2.19. The Bertz CT molecular complexity index is 436. The number of carbonyl (C=O) groups is 1. The van der Waals surface area contributed by atoms with Gasteiger partial charge in [-0.15, -0.1) is 0 Å². The van der Waals surface area contributed by atoms with Crippen LogP contribution in [0, 0.1) is 15.9 Å². The predicted molar refractivity (Wildman–Crippen MR) is 58.9 cm³/mol. The second-order valence-electron chi connectivity index (χ2n) is 2.57. The third-order valence-electron chi connectivity index (χ3n) is 1.66. The van der Waals surface area contributed by atoms with Crippen molar-refractivity contribution in [1.29, 1.82) is 0 Å². The van der Waals surface area contributed by atoms with Gasteiger partial charge in [0.25, 0.3) is 5.69 Å². The van der Waals surface area contributed by atoms with Crippen LogP contribution in [0.4, 0.5) is 10.1 Å². The number of hydrogen-bond acceptors (Lipinski definition) is 3. The van der Waals surface area contributed by atoms with Crippen LogP contribution in [-0.2, 0) is 0 Å². The molecule has 0 aliphatic carbocycles. The lowest BCUT2D eigenvalue weighted by molar-refractivity contribution is -0.386. The molecule has 0 N–H and O–H groups in total. The summed E-state index contributed by atoms with van der Waals surface area (Å²) in [5.41, 5.74) is -1.05. The van der Waals surface area contributed by atoms with E-state index in [-0.39, 0.29) is 9.80 Å². The first-order valence-corrected chi connectivity index (χ1v) is 5.62. The standard InChI is InChI=1S/C8H4Br2FNO3/c9-3-6(13)7-5(11)2-1-4(10)8(7)12(14)15/h1-2H,3H2. The van der Waals surface area contributed by atoms with E-state index in [1.54, 1.807) is 0 Å². The molecule has 0 fully saturated rings. The Balaban J connectivity index is 3.52. The molecule has 0 saturated carbocycles. The summed E-state index contributed by atoms with van der Waals surface area (Å²) in [7, 11) is 0. The van der Waals surface area contributed by atoms with E-state index in [0.29, 0.717) is 0 Å². The summed E-state index contributed by atoms with van der Waals surface area (Å²) in [5, 5.41) is 10.5. The fourth-order valence-electron chi connectivity index (χ4n) is 1.05. The second-order valence-corrected chi connectivity index (χ2v) is 3.98. The first-order valence-electron chi connectivity index (χ1n) is 3.70. The third-order valence-corrected chi connectivity index (χ3v) is 2.81. The van der Waals surface area contributed by atoms with E-state index < -0.39 is 27.8 Å². The Morgan fingerprint density at radius 3 is 2.60 bits per heavy atom. The van der Waals surface area contributed by atoms with Crippen LogP contribution in [-0.4, -0.2) is 16.0 Å². The summed E-state index contributed by atoms with van der Waals surface area (Å²) in [6.45, 7) is 0. The molecule has 0 amide bonds. The number of nitro benzene ring substituents is 1. The minimum absolute atomic E-state index is 0.0817. The van der Waals surface area contributed by atoms with Crippen LogP contribution in [0.5, 0.6) is 0 Å². The molecule has 0 saturated heterocycles. The summed E-state index contributed by atoms with van der Waals surface area (Å²) in [6, 6.07) is 2.20. The lowest BCUT2D eigenvalue weighted by Crippen LogP contribution is -2.08. The van der Waals surface area contributed by atoms with Crippen molar-refractivity contribution in [3.63, 3.8) is 0 Å². The van der Waals surface area contributed by atoms with Crippen LogP contribution in [0.3, 0.4) is 0 Å². The lowest BCUT2D eigenvalue weighted by atomic mass is 10.1. The molecule has 0 spiro atoms. The molecule has 1 rings (SSSR count). The number of rotatable bonds is 3. The van der Waals surface area contributed by atoms with Gasteiger partial charge < -0.3 is 0 Å². The molecule has 0 aromatic heterocycles. The molecule has 0 radical (unpaired) electrons. The minimum Gasteiger partial charge on any atom is -0.293 e. The highest BCUT2D eigenvalue weighted by atomic mass is 79.9. The largest absolute Gasteiger partial charge is 0.297 e. The number of hydrogen-bond donors (Lipinski definition) is 0. The van der Waals surface area contributed by atoms with Gasteiger partial charge >= 0.3 is 0 Å². The molecule has 1 aromatic rings. The van der Waals surface area contributed by atoms with Gasteiger partial charge in [0.15, 0.2) is 5.78 Å². The number of ketones is 1. The first kappa shape index (κ1) is 12.3. The third kappa shape index (κ3) is 2.40. The maximum absolute atomic E-state index is 13.3. The van der Waals surface area contributed by atoms with Crippen LogP contribution in [0.15, 0.2) is 16.6 Å². The number of carbonyl (C=O) groups excluding carboxylic acids is 1. The zero-order chi connectivity index (χ0) is 11.6. The molecule has 0 aliphatic heterocycles. The van der Waals surface area contributed by atoms with E-state index >= 15 is 0 Å². The summed E-state index contributed by atoms with van der Waals surface area (Å²) in [4.78, 5) is 21.2. The summed E-state index contributed by atoms with van der Waals surface area (Å²) in [6.07, 6.45) is 0. The van der Waals surface area contributed by atoms with Crippen molar-refractivity contribution >= 4 is 43.3 Å². The fraction of sp³-hybridized carbons (Fsp3) is 0.125. The highest BCUT2D eigenvalue weighted by Crippen LogP contribution is 2.31. The van der Waals surface area contributed by atoms with Crippen LogP contribution in [0.1, 0.15) is 10.4 Å². The Kier molecular flexibility index (Phi) is 3.92. The van der Waals surface area contributed by atoms with Gasteiger partial charge in [-0.25, -0.2) is 4.39 Å². The van der Waals surface area contributed by atoms with Crippen molar-refractivity contribution in [3.05, 3.63) is 38.1 Å². The van der Waals surface area contributed by atoms with E-state index in [0.717, 1.165) is 6.07 Å². The number of nitro groups is 1. The predicted octanol–water partition coefficient (Wildman–Crippen LogP) is 3.07. The highest BCUT2D eigenvalue weighted by molar-refractivity contribution is 9.10. The van der Waals surface area contributed by atoms with Crippen molar-refractivity contribution in [1.82, 2.24) is 0 Å². The average molecular weight is 341 g/mol. The minimum atomic E-state index is -0.894. The van der Waals surface area contributed by atoms with Gasteiger partial charge in [0, 0.05) is 0 Å². The molecular formula is C8H4Br2FNO3. The van der Waals surface area contributed by atoms with E-state index in [2.05, 4.69) is 31.9 Å². The van der Waals surface area contributed by atoms with E-state index in [9.17, 15) is 19.3 Å². The summed E-state index contributed by atoms with van der Waals surface area (Å²) < 4.78 is 13.3. The van der Waals surface area contributed by atoms with Crippen molar-refractivity contribution in [2.45, 2.75) is 0 Å². The van der Waals surface area contributed by atoms with Gasteiger partial charge in [0.2, 0.25) is 0 Å². The number of nitrogens with zero attached hydrogens (tertiary/aromatic N) is 1. The molecule has 15 heavy (non-hydrogen) atoms. The van der Waals surface area contributed by atoms with Crippen LogP contribution in [0.25, 0.3) is 0 Å². The number of benzene rings is 1. The molecule has 7 heteroatoms. The first-order chi connectivity index (χ1) is 6.99. The SMILES string of the molecule is O=C(CBr)c1c(F)ccc(Br)c1[N+](=O)[O-]. The van der Waals surface area contributed by atoms with Gasteiger partial charge in [-0.2, -0.15) is 0 Å². The molecule has 0 heterocycles. The summed E-state index contributed by atoms with van der Waals surface area (Å²) in [5.74, 6) is -1.56. The summed E-state index contributed by atoms with van der Waals surface area (Å²) >= 11 is 5.74. The zero-order valence-corrected chi connectivity index (χ0v) is 10.3. The molecule has 80 valence electrons. The maximum atomic E-state index is 13.3. The number of halogens is 3. The zero-order valence-electron chi connectivity index (χ0n) is 7.17. The Hall–Kier alpha value is -0.820. The van der Waals surface area contributed by atoms with Crippen molar-refractivity contribution in [3.8, 4) is 0 Å². The molecule has 0 aliphatic rings. The monoisotopic (exact) mass is 339 g/mol. The number of Topliss-reactive ketones (excluding diaryl/α,β-unsaturated/α-hetero) is 1. The maximum Gasteiger partial charge on any atom is 0.297 e. The Labute approximate surface area is 101 Å². The van der Waals surface area contributed by atoms with Crippen LogP contribution >= 0.6 is 31.9 Å². The van der Waals surface area contributed by atoms with Gasteiger partial charge in [0.05, 0.1) is 14.7 Å². The van der Waals surface area contributed by atoms with Crippen molar-refractivity contribution in [2.75, 3.05) is 5.33 Å². The normalized spacial score (nSPS) is 10.1. The molecule has 0 bridgehead atoms. The lowest BCUT2D eigenvalue weighted by Gasteiger charge is -2.03. The Morgan fingerprint density at radius 2 is 2.13 bits per heavy atom. The topological polar surface area (TPSA) is 60.2 Å². The smallest absolute Gasteiger partial charge is 0.293 e. The van der Waals surface area contributed by atoms with Crippen LogP contribution < -0.4 is 0 Å². The highest BCUT2D eigenvalue weighted by Gasteiger charge is 2.26. The quantitative estimate of drug-likeness (QED) is 0.367. The van der Waals surface area contributed by atoms with Crippen LogP contribution in [0.2, 0.25) is 0 Å². The van der Waals surface area contributed by atoms with E-state index in [1.807, 2.05) is 0 Å². The van der Waals surface area contributed by atoms with Gasteiger partial charge in [0.1, 0.15) is 11.4 Å². The second kappa shape index (κ2) is 4.80. The van der Waals surface area contributed by atoms with Crippen molar-refractivity contribution in [2.24, 2.45) is 0 Å². The van der Waals surface area contributed by atoms with Gasteiger partial charge in [-0.05, 0) is 28.1 Å². The van der Waals surface area contributed by atoms with Crippen molar-refractivity contribution < 1.29 is 14.1 Å². The van der Waals surface area contributed by atoms with Gasteiger partial charge in [-0.1, -0.05) is 15.9 Å². The van der Waals surface area contributed by atoms with E-state index in [4.69, 9.17) is 0 Å². The molecule has 4 nitrogen and oxygen atoms in total. The molecule has 0 unspecified atom stereocenters. The van der Waals surface area contributed by atoms with Gasteiger partial charge in [-0.3, -0.25) is 14.9 Å². The number of alkyl halides is 1. The molecular weight excluding hydrogens is 337 g/mol. The molecule has 1 aromatic carbocycles.